The van der Waals surface area contributed by atoms with E-state index in [0.29, 0.717) is 25.2 Å². The van der Waals surface area contributed by atoms with E-state index in [4.69, 9.17) is 0 Å². The molecule has 1 aliphatic heterocycles. The van der Waals surface area contributed by atoms with E-state index in [9.17, 15) is 13.2 Å². The van der Waals surface area contributed by atoms with E-state index in [1.54, 1.807) is 9.82 Å². The molecule has 1 aromatic heterocycles. The molecular formula is C16H22N4O3S2. The first-order valence-electron chi connectivity index (χ1n) is 8.28. The zero-order valence-corrected chi connectivity index (χ0v) is 15.7. The Balaban J connectivity index is 1.50. The van der Waals surface area contributed by atoms with Gasteiger partial charge in [0.25, 0.3) is 0 Å². The van der Waals surface area contributed by atoms with Crippen molar-refractivity contribution in [2.75, 3.05) is 24.7 Å². The normalized spacial score (nSPS) is 19.0. The minimum atomic E-state index is -3.19. The number of thiazole rings is 1. The second-order valence-electron chi connectivity index (χ2n) is 6.23. The van der Waals surface area contributed by atoms with E-state index in [0.717, 1.165) is 29.5 Å². The number of carbonyl (C=O) groups excluding carboxylic acids is 1. The number of hydrogen-bond acceptors (Lipinski definition) is 5. The van der Waals surface area contributed by atoms with E-state index >= 15 is 0 Å². The van der Waals surface area contributed by atoms with Crippen LogP contribution >= 0.6 is 11.3 Å². The van der Waals surface area contributed by atoms with Crippen molar-refractivity contribution in [3.63, 3.8) is 0 Å². The predicted molar refractivity (Wildman–Crippen MR) is 100 cm³/mol. The van der Waals surface area contributed by atoms with Gasteiger partial charge in [0, 0.05) is 24.8 Å². The Hall–Kier alpha value is -1.71. The van der Waals surface area contributed by atoms with Gasteiger partial charge in [0.15, 0.2) is 0 Å². The van der Waals surface area contributed by atoms with Crippen LogP contribution in [0.1, 0.15) is 25.7 Å². The molecule has 0 aliphatic carbocycles. The Morgan fingerprint density at radius 2 is 2.24 bits per heavy atom. The third kappa shape index (κ3) is 4.68. The average molecular weight is 383 g/mol. The van der Waals surface area contributed by atoms with Gasteiger partial charge >= 0.3 is 6.03 Å². The molecule has 0 spiro atoms. The van der Waals surface area contributed by atoms with Gasteiger partial charge in [-0.25, -0.2) is 18.2 Å². The van der Waals surface area contributed by atoms with Gasteiger partial charge < -0.3 is 10.6 Å². The van der Waals surface area contributed by atoms with E-state index in [2.05, 4.69) is 15.6 Å². The van der Waals surface area contributed by atoms with Crippen LogP contribution in [0.2, 0.25) is 0 Å². The van der Waals surface area contributed by atoms with Crippen molar-refractivity contribution in [3.8, 4) is 0 Å². The van der Waals surface area contributed by atoms with Crippen LogP contribution in [0.25, 0.3) is 10.2 Å². The molecule has 0 radical (unpaired) electrons. The summed E-state index contributed by atoms with van der Waals surface area (Å²) in [6.07, 6.45) is 4.64. The highest BCUT2D eigenvalue weighted by Gasteiger charge is 2.28. The Morgan fingerprint density at radius 3 is 3.04 bits per heavy atom. The highest BCUT2D eigenvalue weighted by atomic mass is 32.2. The molecule has 2 N–H and O–H groups in total. The molecule has 9 heteroatoms. The van der Waals surface area contributed by atoms with E-state index in [1.807, 2.05) is 18.2 Å². The lowest BCUT2D eigenvalue weighted by atomic mass is 10.0. The molecule has 25 heavy (non-hydrogen) atoms. The maximum Gasteiger partial charge on any atom is 0.319 e. The zero-order valence-electron chi connectivity index (χ0n) is 14.1. The molecule has 7 nitrogen and oxygen atoms in total. The number of sulfonamides is 1. The highest BCUT2D eigenvalue weighted by Crippen LogP contribution is 2.23. The highest BCUT2D eigenvalue weighted by molar-refractivity contribution is 7.88. The standard InChI is InChI=1S/C16H22N4O3S2/c1-25(22,23)20-9-3-2-4-13(20)7-8-17-16(21)19-12-5-6-14-15(10-12)24-11-18-14/h5-6,10-11,13H,2-4,7-9H2,1H3,(H2,17,19,21). The van der Waals surface area contributed by atoms with Crippen molar-refractivity contribution in [1.82, 2.24) is 14.6 Å². The number of rotatable bonds is 5. The number of nitrogens with one attached hydrogen (secondary N) is 2. The molecule has 1 fully saturated rings. The minimum absolute atomic E-state index is 0.0300. The van der Waals surface area contributed by atoms with Gasteiger partial charge in [-0.05, 0) is 37.5 Å². The van der Waals surface area contributed by atoms with Gasteiger partial charge in [-0.3, -0.25) is 0 Å². The summed E-state index contributed by atoms with van der Waals surface area (Å²) in [5.41, 5.74) is 3.39. The molecule has 2 aromatic rings. The van der Waals surface area contributed by atoms with E-state index in [1.165, 1.54) is 17.6 Å². The monoisotopic (exact) mass is 382 g/mol. The largest absolute Gasteiger partial charge is 0.338 e. The number of urea groups is 1. The maximum atomic E-state index is 12.0. The molecule has 0 saturated carbocycles. The second-order valence-corrected chi connectivity index (χ2v) is 9.05. The lowest BCUT2D eigenvalue weighted by molar-refractivity contribution is 0.235. The van der Waals surface area contributed by atoms with Crippen LogP contribution in [0.15, 0.2) is 23.7 Å². The Bertz CT molecular complexity index is 850. The molecule has 1 aliphatic rings. The molecule has 136 valence electrons. The number of benzene rings is 1. The molecule has 2 amide bonds. The number of piperidine rings is 1. The summed E-state index contributed by atoms with van der Waals surface area (Å²) in [6.45, 7) is 1.01. The van der Waals surface area contributed by atoms with Crippen molar-refractivity contribution in [2.24, 2.45) is 0 Å². The second kappa shape index (κ2) is 7.67. The topological polar surface area (TPSA) is 91.4 Å². The smallest absolute Gasteiger partial charge is 0.319 e. The van der Waals surface area contributed by atoms with Crippen molar-refractivity contribution in [3.05, 3.63) is 23.7 Å². The Labute approximate surface area is 151 Å². The minimum Gasteiger partial charge on any atom is -0.338 e. The number of anilines is 1. The molecule has 2 heterocycles. The van der Waals surface area contributed by atoms with Crippen LogP contribution in [0.5, 0.6) is 0 Å². The number of aromatic nitrogens is 1. The molecule has 1 atom stereocenters. The van der Waals surface area contributed by atoms with Crippen molar-refractivity contribution in [1.29, 1.82) is 0 Å². The van der Waals surface area contributed by atoms with Crippen molar-refractivity contribution < 1.29 is 13.2 Å². The summed E-state index contributed by atoms with van der Waals surface area (Å²) in [4.78, 5) is 16.2. The summed E-state index contributed by atoms with van der Waals surface area (Å²) in [5.74, 6) is 0. The lowest BCUT2D eigenvalue weighted by Gasteiger charge is -2.33. The van der Waals surface area contributed by atoms with Crippen LogP contribution in [-0.4, -0.2) is 49.1 Å². The van der Waals surface area contributed by atoms with Gasteiger partial charge in [0.05, 0.1) is 22.0 Å². The summed E-state index contributed by atoms with van der Waals surface area (Å²) < 4.78 is 26.3. The molecule has 1 saturated heterocycles. The lowest BCUT2D eigenvalue weighted by Crippen LogP contribution is -2.44. The predicted octanol–water partition coefficient (Wildman–Crippen LogP) is 2.62. The van der Waals surface area contributed by atoms with Gasteiger partial charge in [0.2, 0.25) is 10.0 Å². The first-order valence-corrected chi connectivity index (χ1v) is 11.0. The Kier molecular flexibility index (Phi) is 5.55. The molecule has 1 aromatic carbocycles. The van der Waals surface area contributed by atoms with Crippen LogP contribution in [-0.2, 0) is 10.0 Å². The SMILES string of the molecule is CS(=O)(=O)N1CCCCC1CCNC(=O)Nc1ccc2ncsc2c1. The third-order valence-corrected chi connectivity index (χ3v) is 6.48. The van der Waals surface area contributed by atoms with Gasteiger partial charge in [-0.15, -0.1) is 11.3 Å². The van der Waals surface area contributed by atoms with Crippen LogP contribution in [0, 0.1) is 0 Å². The van der Waals surface area contributed by atoms with Gasteiger partial charge in [0.1, 0.15) is 0 Å². The summed E-state index contributed by atoms with van der Waals surface area (Å²) in [6, 6.07) is 5.25. The van der Waals surface area contributed by atoms with E-state index in [-0.39, 0.29) is 12.1 Å². The maximum absolute atomic E-state index is 12.0. The fourth-order valence-corrected chi connectivity index (χ4v) is 5.09. The van der Waals surface area contributed by atoms with Crippen LogP contribution < -0.4 is 10.6 Å². The van der Waals surface area contributed by atoms with Crippen molar-refractivity contribution >= 4 is 43.3 Å². The van der Waals surface area contributed by atoms with Crippen LogP contribution in [0.3, 0.4) is 0 Å². The van der Waals surface area contributed by atoms with Crippen LogP contribution in [0.4, 0.5) is 10.5 Å². The first-order chi connectivity index (χ1) is 11.9. The number of carbonyl (C=O) groups is 1. The molecule has 3 rings (SSSR count). The fraction of sp³-hybridized carbons (Fsp3) is 0.500. The fourth-order valence-electron chi connectivity index (χ4n) is 3.16. The van der Waals surface area contributed by atoms with Crippen molar-refractivity contribution in [2.45, 2.75) is 31.7 Å². The number of nitrogens with zero attached hydrogens (tertiary/aromatic N) is 2. The molecular weight excluding hydrogens is 360 g/mol. The quantitative estimate of drug-likeness (QED) is 0.831. The zero-order chi connectivity index (χ0) is 17.9. The number of fused-ring (bicyclic) bond motifs is 1. The first kappa shape index (κ1) is 18.1. The summed E-state index contributed by atoms with van der Waals surface area (Å²) in [7, 11) is -3.19. The number of hydrogen-bond donors (Lipinski definition) is 2. The van der Waals surface area contributed by atoms with Gasteiger partial charge in [-0.1, -0.05) is 6.42 Å². The summed E-state index contributed by atoms with van der Waals surface area (Å²) >= 11 is 1.52. The van der Waals surface area contributed by atoms with E-state index < -0.39 is 10.0 Å². The summed E-state index contributed by atoms with van der Waals surface area (Å²) in [5, 5.41) is 5.61. The Morgan fingerprint density at radius 1 is 1.40 bits per heavy atom. The third-order valence-electron chi connectivity index (χ3n) is 4.35. The average Bonchev–Trinajstić information content (AvgIpc) is 3.02. The molecule has 1 unspecified atom stereocenters. The molecule has 0 bridgehead atoms. The van der Waals surface area contributed by atoms with Gasteiger partial charge in [-0.2, -0.15) is 4.31 Å². The number of amides is 2.